The van der Waals surface area contributed by atoms with E-state index in [2.05, 4.69) is 45.6 Å². The number of aryl methyl sites for hydroxylation is 1. The number of aliphatic carboxylic acids is 1. The second kappa shape index (κ2) is 5.99. The molecular formula is C20H25N3O2. The van der Waals surface area contributed by atoms with Gasteiger partial charge in [-0.25, -0.2) is 4.98 Å². The minimum absolute atomic E-state index is 0.236. The average Bonchev–Trinajstić information content (AvgIpc) is 3.28. The highest BCUT2D eigenvalue weighted by Gasteiger charge is 2.55. The topological polar surface area (TPSA) is 58.4 Å². The van der Waals surface area contributed by atoms with Crippen molar-refractivity contribution in [3.63, 3.8) is 0 Å². The molecule has 2 fully saturated rings. The molecule has 1 aromatic carbocycles. The van der Waals surface area contributed by atoms with Crippen LogP contribution >= 0.6 is 0 Å². The van der Waals surface area contributed by atoms with Gasteiger partial charge in [-0.3, -0.25) is 9.69 Å². The third-order valence-corrected chi connectivity index (χ3v) is 6.35. The molecule has 1 saturated heterocycles. The Morgan fingerprint density at radius 3 is 2.72 bits per heavy atom. The van der Waals surface area contributed by atoms with Crippen molar-refractivity contribution in [3.05, 3.63) is 48.0 Å². The molecule has 1 aliphatic heterocycles. The normalized spacial score (nSPS) is 27.4. The van der Waals surface area contributed by atoms with E-state index in [0.29, 0.717) is 12.5 Å². The Hall–Kier alpha value is -2.14. The van der Waals surface area contributed by atoms with Crippen LogP contribution in [0.2, 0.25) is 0 Å². The number of hydrogen-bond donors (Lipinski definition) is 1. The molecule has 0 amide bonds. The van der Waals surface area contributed by atoms with Crippen LogP contribution in [0.1, 0.15) is 43.6 Å². The number of fused-ring (bicyclic) bond motifs is 1. The van der Waals surface area contributed by atoms with Gasteiger partial charge in [-0.1, -0.05) is 18.6 Å². The molecule has 4 rings (SSSR count). The van der Waals surface area contributed by atoms with Gasteiger partial charge < -0.3 is 9.67 Å². The Balaban J connectivity index is 1.53. The third-order valence-electron chi connectivity index (χ3n) is 6.35. The van der Waals surface area contributed by atoms with Crippen LogP contribution in [0.3, 0.4) is 0 Å². The van der Waals surface area contributed by atoms with Gasteiger partial charge in [0, 0.05) is 37.2 Å². The van der Waals surface area contributed by atoms with E-state index in [4.69, 9.17) is 0 Å². The van der Waals surface area contributed by atoms with Crippen molar-refractivity contribution in [2.45, 2.75) is 39.2 Å². The minimum atomic E-state index is -0.601. The van der Waals surface area contributed by atoms with Crippen LogP contribution in [-0.4, -0.2) is 38.6 Å². The van der Waals surface area contributed by atoms with Crippen LogP contribution in [0.5, 0.6) is 0 Å². The number of hydrogen-bond acceptors (Lipinski definition) is 3. The number of carboxylic acids is 1. The number of carboxylic acid groups (broad SMARTS) is 1. The molecule has 0 spiro atoms. The highest BCUT2D eigenvalue weighted by Crippen LogP contribution is 2.50. The third kappa shape index (κ3) is 2.58. The molecule has 1 saturated carbocycles. The van der Waals surface area contributed by atoms with Gasteiger partial charge in [-0.2, -0.15) is 0 Å². The predicted octanol–water partition coefficient (Wildman–Crippen LogP) is 3.43. The van der Waals surface area contributed by atoms with Crippen molar-refractivity contribution >= 4 is 5.97 Å². The lowest BCUT2D eigenvalue weighted by molar-refractivity contribution is -0.149. The molecule has 132 valence electrons. The first kappa shape index (κ1) is 16.3. The number of benzene rings is 1. The van der Waals surface area contributed by atoms with Crippen LogP contribution in [-0.2, 0) is 4.79 Å². The molecule has 5 nitrogen and oxygen atoms in total. The largest absolute Gasteiger partial charge is 0.481 e. The maximum atomic E-state index is 11.9. The van der Waals surface area contributed by atoms with E-state index >= 15 is 0 Å². The summed E-state index contributed by atoms with van der Waals surface area (Å²) in [6.45, 7) is 5.76. The van der Waals surface area contributed by atoms with E-state index in [1.807, 2.05) is 13.1 Å². The van der Waals surface area contributed by atoms with Gasteiger partial charge in [0.05, 0.1) is 5.41 Å². The molecule has 25 heavy (non-hydrogen) atoms. The lowest BCUT2D eigenvalue weighted by Crippen LogP contribution is -2.36. The van der Waals surface area contributed by atoms with Crippen molar-refractivity contribution in [1.82, 2.24) is 14.5 Å². The highest BCUT2D eigenvalue weighted by molar-refractivity contribution is 5.76. The van der Waals surface area contributed by atoms with Crippen LogP contribution in [0.4, 0.5) is 0 Å². The zero-order chi connectivity index (χ0) is 17.6. The zero-order valence-electron chi connectivity index (χ0n) is 14.9. The molecule has 0 radical (unpaired) electrons. The quantitative estimate of drug-likeness (QED) is 0.927. The Morgan fingerprint density at radius 2 is 2.12 bits per heavy atom. The molecule has 1 N–H and O–H groups in total. The fourth-order valence-corrected chi connectivity index (χ4v) is 4.75. The van der Waals surface area contributed by atoms with Gasteiger partial charge in [0.25, 0.3) is 0 Å². The van der Waals surface area contributed by atoms with Crippen LogP contribution in [0, 0.1) is 18.3 Å². The van der Waals surface area contributed by atoms with E-state index in [1.165, 1.54) is 5.56 Å². The molecule has 0 bridgehead atoms. The molecule has 1 unspecified atom stereocenters. The van der Waals surface area contributed by atoms with E-state index in [9.17, 15) is 9.90 Å². The summed E-state index contributed by atoms with van der Waals surface area (Å²) < 4.78 is 2.06. The Bertz CT molecular complexity index is 782. The van der Waals surface area contributed by atoms with Crippen molar-refractivity contribution < 1.29 is 9.90 Å². The minimum Gasteiger partial charge on any atom is -0.481 e. The summed E-state index contributed by atoms with van der Waals surface area (Å²) in [7, 11) is 0. The summed E-state index contributed by atoms with van der Waals surface area (Å²) in [4.78, 5) is 18.5. The number of imidazole rings is 1. The van der Waals surface area contributed by atoms with Crippen LogP contribution in [0.15, 0.2) is 36.7 Å². The molecule has 1 aromatic heterocycles. The standard InChI is InChI=1S/C20H25N3O2/c1-14(22-12-17-4-3-9-20(17,13-22)19(24)25)16-5-7-18(8-6-16)23-11-10-21-15(23)2/h5-8,10-11,14,17H,3-4,9,12-13H2,1-2H3,(H,24,25)/t14?,17-,20+/m0/s1. The summed E-state index contributed by atoms with van der Waals surface area (Å²) in [5.41, 5.74) is 1.83. The van der Waals surface area contributed by atoms with Crippen molar-refractivity contribution in [2.75, 3.05) is 13.1 Å². The van der Waals surface area contributed by atoms with Gasteiger partial charge in [-0.15, -0.1) is 0 Å². The van der Waals surface area contributed by atoms with Crippen LogP contribution < -0.4 is 0 Å². The Morgan fingerprint density at radius 1 is 1.36 bits per heavy atom. The highest BCUT2D eigenvalue weighted by atomic mass is 16.4. The summed E-state index contributed by atoms with van der Waals surface area (Å²) in [6.07, 6.45) is 6.70. The summed E-state index contributed by atoms with van der Waals surface area (Å²) in [5, 5.41) is 9.78. The fraction of sp³-hybridized carbons (Fsp3) is 0.500. The number of rotatable bonds is 4. The van der Waals surface area contributed by atoms with Crippen molar-refractivity contribution in [2.24, 2.45) is 11.3 Å². The predicted molar refractivity (Wildman–Crippen MR) is 95.7 cm³/mol. The van der Waals surface area contributed by atoms with E-state index in [0.717, 1.165) is 37.3 Å². The molecule has 1 aliphatic carbocycles. The Labute approximate surface area is 148 Å². The smallest absolute Gasteiger partial charge is 0.311 e. The van der Waals surface area contributed by atoms with Crippen LogP contribution in [0.25, 0.3) is 5.69 Å². The average molecular weight is 339 g/mol. The Kier molecular flexibility index (Phi) is 3.91. The number of carbonyl (C=O) groups is 1. The number of likely N-dealkylation sites (tertiary alicyclic amines) is 1. The second-order valence-corrected chi connectivity index (χ2v) is 7.59. The fourth-order valence-electron chi connectivity index (χ4n) is 4.75. The molecule has 5 heteroatoms. The molecular weight excluding hydrogens is 314 g/mol. The maximum absolute atomic E-state index is 11.9. The van der Waals surface area contributed by atoms with Gasteiger partial charge in [0.2, 0.25) is 0 Å². The van der Waals surface area contributed by atoms with E-state index in [1.54, 1.807) is 6.20 Å². The SMILES string of the molecule is Cc1nccn1-c1ccc(C(C)N2C[C@@H]3CCC[C@@]3(C(=O)O)C2)cc1. The van der Waals surface area contributed by atoms with E-state index in [-0.39, 0.29) is 6.04 Å². The lowest BCUT2D eigenvalue weighted by atomic mass is 9.81. The van der Waals surface area contributed by atoms with Crippen molar-refractivity contribution in [3.8, 4) is 5.69 Å². The van der Waals surface area contributed by atoms with Gasteiger partial charge in [0.15, 0.2) is 0 Å². The second-order valence-electron chi connectivity index (χ2n) is 7.59. The van der Waals surface area contributed by atoms with Gasteiger partial charge >= 0.3 is 5.97 Å². The van der Waals surface area contributed by atoms with Gasteiger partial charge in [0.1, 0.15) is 5.82 Å². The first-order valence-electron chi connectivity index (χ1n) is 9.09. The number of nitrogens with zero attached hydrogens (tertiary/aromatic N) is 3. The number of aromatic nitrogens is 2. The molecule has 2 aliphatic rings. The zero-order valence-corrected chi connectivity index (χ0v) is 14.9. The first-order chi connectivity index (χ1) is 12.0. The first-order valence-corrected chi connectivity index (χ1v) is 9.09. The molecule has 2 aromatic rings. The lowest BCUT2D eigenvalue weighted by Gasteiger charge is -2.27. The monoisotopic (exact) mass is 339 g/mol. The summed E-state index contributed by atoms with van der Waals surface area (Å²) in [5.74, 6) is 0.674. The van der Waals surface area contributed by atoms with Crippen molar-refractivity contribution in [1.29, 1.82) is 0 Å². The summed E-state index contributed by atoms with van der Waals surface area (Å²) in [6, 6.07) is 8.77. The molecule has 3 atom stereocenters. The van der Waals surface area contributed by atoms with E-state index < -0.39 is 11.4 Å². The maximum Gasteiger partial charge on any atom is 0.311 e. The summed E-state index contributed by atoms with van der Waals surface area (Å²) >= 11 is 0. The van der Waals surface area contributed by atoms with Gasteiger partial charge in [-0.05, 0) is 50.3 Å². The molecule has 2 heterocycles.